The van der Waals surface area contributed by atoms with Crippen molar-refractivity contribution in [1.29, 1.82) is 0 Å². The molecule has 2 aromatic carbocycles. The van der Waals surface area contributed by atoms with Crippen molar-refractivity contribution in [3.05, 3.63) is 71.8 Å². The molecule has 0 radical (unpaired) electrons. The van der Waals surface area contributed by atoms with E-state index in [1.165, 1.54) is 0 Å². The zero-order valence-corrected chi connectivity index (χ0v) is 15.8. The summed E-state index contributed by atoms with van der Waals surface area (Å²) >= 11 is 6.38. The van der Waals surface area contributed by atoms with E-state index in [4.69, 9.17) is 25.2 Å². The highest BCUT2D eigenvalue weighted by Gasteiger charge is 2.44. The molecular weight excluding hydrogens is 361 g/mol. The molecule has 0 unspecified atom stereocenters. The minimum atomic E-state index is -1.71. The van der Waals surface area contributed by atoms with Crippen molar-refractivity contribution in [3.8, 4) is 0 Å². The number of nitrogens with zero attached hydrogens (tertiary/aromatic N) is 1. The lowest BCUT2D eigenvalue weighted by Gasteiger charge is -2.34. The largest absolute Gasteiger partial charge is 0.410 e. The van der Waals surface area contributed by atoms with Crippen LogP contribution in [-0.2, 0) is 19.2 Å². The van der Waals surface area contributed by atoms with Crippen LogP contribution >= 0.6 is 20.2 Å². The summed E-state index contributed by atoms with van der Waals surface area (Å²) in [6.45, 7) is 4.54. The summed E-state index contributed by atoms with van der Waals surface area (Å²) in [7, 11) is -1.71. The van der Waals surface area contributed by atoms with E-state index in [0.29, 0.717) is 24.3 Å². The molecule has 2 aromatic rings. The summed E-state index contributed by atoms with van der Waals surface area (Å²) in [6, 6.07) is 18.6. The van der Waals surface area contributed by atoms with Crippen LogP contribution < -0.4 is 0 Å². The number of oxime groups is 1. The Bertz CT molecular complexity index is 624. The Balaban J connectivity index is 2.63. The van der Waals surface area contributed by atoms with Gasteiger partial charge >= 0.3 is 8.60 Å². The molecule has 0 amide bonds. The molecule has 0 spiro atoms. The number of rotatable bonds is 9. The van der Waals surface area contributed by atoms with Gasteiger partial charge in [0.25, 0.3) is 0 Å². The summed E-state index contributed by atoms with van der Waals surface area (Å²) < 4.78 is 17.4. The van der Waals surface area contributed by atoms with E-state index in [0.717, 1.165) is 0 Å². The van der Waals surface area contributed by atoms with Crippen LogP contribution in [-0.4, -0.2) is 23.6 Å². The zero-order chi connectivity index (χ0) is 18.1. The van der Waals surface area contributed by atoms with Gasteiger partial charge in [-0.05, 0) is 25.0 Å². The highest BCUT2D eigenvalue weighted by atomic mass is 35.5. The Morgan fingerprint density at radius 1 is 0.960 bits per heavy atom. The third-order valence-electron chi connectivity index (χ3n) is 3.42. The minimum Gasteiger partial charge on any atom is -0.410 e. The van der Waals surface area contributed by atoms with Gasteiger partial charge in [0.1, 0.15) is 0 Å². The highest BCUT2D eigenvalue weighted by molar-refractivity contribution is 7.41. The molecule has 0 atom stereocenters. The van der Waals surface area contributed by atoms with Gasteiger partial charge in [0, 0.05) is 0 Å². The first-order valence-electron chi connectivity index (χ1n) is 7.93. The van der Waals surface area contributed by atoms with Crippen LogP contribution in [0, 0.1) is 0 Å². The molecule has 0 saturated heterocycles. The average Bonchev–Trinajstić information content (AvgIpc) is 2.67. The van der Waals surface area contributed by atoms with Crippen LogP contribution in [0.3, 0.4) is 0 Å². The number of halogens is 1. The lowest BCUT2D eigenvalue weighted by Crippen LogP contribution is -2.36. The maximum atomic E-state index is 9.47. The van der Waals surface area contributed by atoms with Gasteiger partial charge in [-0.15, -0.1) is 0 Å². The smallest absolute Gasteiger partial charge is 0.334 e. The first kappa shape index (κ1) is 19.8. The summed E-state index contributed by atoms with van der Waals surface area (Å²) in [6.07, 6.45) is 0. The van der Waals surface area contributed by atoms with E-state index in [1.807, 2.05) is 74.5 Å². The van der Waals surface area contributed by atoms with Crippen molar-refractivity contribution >= 4 is 25.4 Å². The molecule has 0 aliphatic heterocycles. The Morgan fingerprint density at radius 2 is 1.40 bits per heavy atom. The van der Waals surface area contributed by atoms with Gasteiger partial charge < -0.3 is 14.3 Å². The maximum Gasteiger partial charge on any atom is 0.334 e. The SMILES string of the molecule is CCOP(OCC)OC(/C(Cl)=N/O)(c1ccccc1)c1ccccc1. The molecule has 0 heterocycles. The van der Waals surface area contributed by atoms with Crippen LogP contribution in [0.2, 0.25) is 0 Å². The van der Waals surface area contributed by atoms with Crippen molar-refractivity contribution < 1.29 is 18.8 Å². The summed E-state index contributed by atoms with van der Waals surface area (Å²) in [5, 5.41) is 12.6. The average molecular weight is 382 g/mol. The van der Waals surface area contributed by atoms with Crippen LogP contribution in [0.15, 0.2) is 65.8 Å². The molecule has 0 aliphatic carbocycles. The lowest BCUT2D eigenvalue weighted by molar-refractivity contribution is 0.110. The van der Waals surface area contributed by atoms with E-state index < -0.39 is 14.2 Å². The standard InChI is InChI=1S/C18H21ClNO4P/c1-3-22-25(23-4-2)24-18(17(19)20-21,15-11-7-5-8-12-15)16-13-9-6-10-14-16/h5-14,21H,3-4H2,1-2H3/b20-17-. The Labute approximate surface area is 154 Å². The highest BCUT2D eigenvalue weighted by Crippen LogP contribution is 2.51. The van der Waals surface area contributed by atoms with Crippen LogP contribution in [0.5, 0.6) is 0 Å². The van der Waals surface area contributed by atoms with Crippen LogP contribution in [0.25, 0.3) is 0 Å². The summed E-state index contributed by atoms with van der Waals surface area (Å²) in [5.41, 5.74) is 0.0707. The normalized spacial score (nSPS) is 12.6. The van der Waals surface area contributed by atoms with Gasteiger partial charge in [-0.3, -0.25) is 4.52 Å². The van der Waals surface area contributed by atoms with Crippen LogP contribution in [0.4, 0.5) is 0 Å². The fourth-order valence-corrected chi connectivity index (χ4v) is 3.81. The number of benzene rings is 2. The second-order valence-electron chi connectivity index (χ2n) is 4.95. The molecule has 0 saturated carbocycles. The van der Waals surface area contributed by atoms with Gasteiger partial charge in [-0.25, -0.2) is 0 Å². The second kappa shape index (κ2) is 9.85. The van der Waals surface area contributed by atoms with Crippen molar-refractivity contribution in [1.82, 2.24) is 0 Å². The van der Waals surface area contributed by atoms with Gasteiger partial charge in [0.15, 0.2) is 10.8 Å². The minimum absolute atomic E-state index is 0.128. The Morgan fingerprint density at radius 3 is 1.76 bits per heavy atom. The van der Waals surface area contributed by atoms with Crippen molar-refractivity contribution in [2.45, 2.75) is 19.4 Å². The quantitative estimate of drug-likeness (QED) is 0.278. The third-order valence-corrected chi connectivity index (χ3v) is 5.12. The van der Waals surface area contributed by atoms with Gasteiger partial charge in [0.05, 0.1) is 13.2 Å². The monoisotopic (exact) mass is 381 g/mol. The van der Waals surface area contributed by atoms with E-state index in [9.17, 15) is 5.21 Å². The molecule has 0 aromatic heterocycles. The van der Waals surface area contributed by atoms with Crippen molar-refractivity contribution in [2.75, 3.05) is 13.2 Å². The van der Waals surface area contributed by atoms with E-state index in [-0.39, 0.29) is 5.17 Å². The van der Waals surface area contributed by atoms with Crippen molar-refractivity contribution in [3.63, 3.8) is 0 Å². The molecule has 5 nitrogen and oxygen atoms in total. The Kier molecular flexibility index (Phi) is 7.82. The van der Waals surface area contributed by atoms with Gasteiger partial charge in [-0.2, -0.15) is 0 Å². The fraction of sp³-hybridized carbons (Fsp3) is 0.278. The molecule has 2 rings (SSSR count). The topological polar surface area (TPSA) is 60.3 Å². The summed E-state index contributed by atoms with van der Waals surface area (Å²) in [5.74, 6) is 0. The molecule has 7 heteroatoms. The predicted molar refractivity (Wildman–Crippen MR) is 100.0 cm³/mol. The predicted octanol–water partition coefficient (Wildman–Crippen LogP) is 5.27. The fourth-order valence-electron chi connectivity index (χ4n) is 2.38. The van der Waals surface area contributed by atoms with Gasteiger partial charge in [0.2, 0.25) is 0 Å². The molecule has 25 heavy (non-hydrogen) atoms. The van der Waals surface area contributed by atoms with Crippen LogP contribution in [0.1, 0.15) is 25.0 Å². The zero-order valence-electron chi connectivity index (χ0n) is 14.1. The first-order valence-corrected chi connectivity index (χ1v) is 9.40. The second-order valence-corrected chi connectivity index (χ2v) is 6.46. The lowest BCUT2D eigenvalue weighted by atomic mass is 9.87. The molecular formula is C18H21ClNO4P. The molecule has 0 aliphatic rings. The molecule has 1 N–H and O–H groups in total. The number of hydrogen-bond donors (Lipinski definition) is 1. The first-order chi connectivity index (χ1) is 12.2. The molecule has 0 fully saturated rings. The van der Waals surface area contributed by atoms with E-state index >= 15 is 0 Å². The van der Waals surface area contributed by atoms with Crippen molar-refractivity contribution in [2.24, 2.45) is 5.16 Å². The Hall–Kier alpha value is -1.49. The van der Waals surface area contributed by atoms with Gasteiger partial charge in [-0.1, -0.05) is 77.4 Å². The molecule has 134 valence electrons. The third kappa shape index (κ3) is 4.57. The molecule has 0 bridgehead atoms. The summed E-state index contributed by atoms with van der Waals surface area (Å²) in [4.78, 5) is 0. The van der Waals surface area contributed by atoms with E-state index in [2.05, 4.69) is 5.16 Å². The number of hydrogen-bond acceptors (Lipinski definition) is 5. The van der Waals surface area contributed by atoms with E-state index in [1.54, 1.807) is 0 Å². The maximum absolute atomic E-state index is 9.47.